The standard InChI is InChI=1S/C10H12N2O3/c1-7-2-4-11-8(6-7)10(15)12-5-3-9(13)14/h2,4,6H,3,5H2,1H3,(H,12,15)(H,13,14). The van der Waals surface area contributed by atoms with Crippen LogP contribution in [0.5, 0.6) is 0 Å². The zero-order chi connectivity index (χ0) is 11.3. The summed E-state index contributed by atoms with van der Waals surface area (Å²) in [6, 6.07) is 3.43. The summed E-state index contributed by atoms with van der Waals surface area (Å²) in [6.45, 7) is 1.97. The van der Waals surface area contributed by atoms with Crippen molar-refractivity contribution in [3.8, 4) is 0 Å². The van der Waals surface area contributed by atoms with Crippen LogP contribution >= 0.6 is 0 Å². The molecule has 5 nitrogen and oxygen atoms in total. The fraction of sp³-hybridized carbons (Fsp3) is 0.300. The van der Waals surface area contributed by atoms with Crippen molar-refractivity contribution in [2.24, 2.45) is 0 Å². The number of carboxylic acids is 1. The third kappa shape index (κ3) is 3.76. The maximum atomic E-state index is 11.4. The highest BCUT2D eigenvalue weighted by Gasteiger charge is 2.06. The molecule has 1 aromatic heterocycles. The molecule has 0 aliphatic heterocycles. The Morgan fingerprint density at radius 3 is 2.87 bits per heavy atom. The highest BCUT2D eigenvalue weighted by Crippen LogP contribution is 1.99. The first-order valence-corrected chi connectivity index (χ1v) is 4.52. The highest BCUT2D eigenvalue weighted by molar-refractivity contribution is 5.92. The number of aromatic nitrogens is 1. The monoisotopic (exact) mass is 208 g/mol. The Morgan fingerprint density at radius 2 is 2.27 bits per heavy atom. The van der Waals surface area contributed by atoms with E-state index < -0.39 is 5.97 Å². The van der Waals surface area contributed by atoms with Gasteiger partial charge in [0.1, 0.15) is 5.69 Å². The van der Waals surface area contributed by atoms with E-state index in [4.69, 9.17) is 5.11 Å². The molecule has 0 saturated heterocycles. The van der Waals surface area contributed by atoms with E-state index in [0.29, 0.717) is 5.69 Å². The molecule has 80 valence electrons. The largest absolute Gasteiger partial charge is 0.481 e. The summed E-state index contributed by atoms with van der Waals surface area (Å²) in [5.74, 6) is -1.28. The minimum Gasteiger partial charge on any atom is -0.481 e. The molecular formula is C10H12N2O3. The Kier molecular flexibility index (Phi) is 3.79. The van der Waals surface area contributed by atoms with Crippen molar-refractivity contribution in [1.29, 1.82) is 0 Å². The van der Waals surface area contributed by atoms with E-state index in [1.807, 2.05) is 6.92 Å². The average molecular weight is 208 g/mol. The first-order chi connectivity index (χ1) is 7.09. The zero-order valence-electron chi connectivity index (χ0n) is 8.36. The van der Waals surface area contributed by atoms with Gasteiger partial charge in [-0.15, -0.1) is 0 Å². The van der Waals surface area contributed by atoms with Gasteiger partial charge in [0.2, 0.25) is 0 Å². The smallest absolute Gasteiger partial charge is 0.305 e. The predicted molar refractivity (Wildman–Crippen MR) is 53.6 cm³/mol. The molecule has 0 atom stereocenters. The number of aryl methyl sites for hydroxylation is 1. The number of nitrogens with one attached hydrogen (secondary N) is 1. The van der Waals surface area contributed by atoms with Gasteiger partial charge in [-0.05, 0) is 24.6 Å². The lowest BCUT2D eigenvalue weighted by Gasteiger charge is -2.02. The van der Waals surface area contributed by atoms with Crippen LogP contribution in [0.2, 0.25) is 0 Å². The highest BCUT2D eigenvalue weighted by atomic mass is 16.4. The van der Waals surface area contributed by atoms with Crippen LogP contribution < -0.4 is 5.32 Å². The van der Waals surface area contributed by atoms with Crippen molar-refractivity contribution >= 4 is 11.9 Å². The van der Waals surface area contributed by atoms with Gasteiger partial charge in [0.15, 0.2) is 0 Å². The summed E-state index contributed by atoms with van der Waals surface area (Å²) < 4.78 is 0. The summed E-state index contributed by atoms with van der Waals surface area (Å²) in [7, 11) is 0. The van der Waals surface area contributed by atoms with Crippen LogP contribution in [0.4, 0.5) is 0 Å². The molecule has 0 unspecified atom stereocenters. The molecule has 1 rings (SSSR count). The van der Waals surface area contributed by atoms with Crippen LogP contribution in [0.1, 0.15) is 22.5 Å². The lowest BCUT2D eigenvalue weighted by atomic mass is 10.2. The normalized spacial score (nSPS) is 9.67. The van der Waals surface area contributed by atoms with Gasteiger partial charge in [-0.1, -0.05) is 0 Å². The summed E-state index contributed by atoms with van der Waals surface area (Å²) in [4.78, 5) is 25.5. The summed E-state index contributed by atoms with van der Waals surface area (Å²) in [5.41, 5.74) is 1.24. The van der Waals surface area contributed by atoms with Crippen LogP contribution in [0, 0.1) is 6.92 Å². The van der Waals surface area contributed by atoms with Crippen LogP contribution in [0.25, 0.3) is 0 Å². The van der Waals surface area contributed by atoms with E-state index in [1.54, 1.807) is 18.3 Å². The van der Waals surface area contributed by atoms with E-state index in [2.05, 4.69) is 10.3 Å². The van der Waals surface area contributed by atoms with Crippen molar-refractivity contribution in [1.82, 2.24) is 10.3 Å². The number of nitrogens with zero attached hydrogens (tertiary/aromatic N) is 1. The van der Waals surface area contributed by atoms with Crippen LogP contribution in [-0.4, -0.2) is 28.5 Å². The van der Waals surface area contributed by atoms with Gasteiger partial charge >= 0.3 is 5.97 Å². The number of hydrogen-bond donors (Lipinski definition) is 2. The third-order valence-electron chi connectivity index (χ3n) is 1.77. The zero-order valence-corrected chi connectivity index (χ0v) is 8.36. The van der Waals surface area contributed by atoms with Gasteiger partial charge in [-0.3, -0.25) is 14.6 Å². The molecule has 1 heterocycles. The summed E-state index contributed by atoms with van der Waals surface area (Å²) in [5, 5.41) is 10.8. The van der Waals surface area contributed by atoms with E-state index in [-0.39, 0.29) is 18.9 Å². The molecule has 15 heavy (non-hydrogen) atoms. The maximum absolute atomic E-state index is 11.4. The molecule has 5 heteroatoms. The molecule has 0 aliphatic carbocycles. The fourth-order valence-electron chi connectivity index (χ4n) is 1.03. The van der Waals surface area contributed by atoms with Crippen molar-refractivity contribution in [3.05, 3.63) is 29.6 Å². The number of aliphatic carboxylic acids is 1. The van der Waals surface area contributed by atoms with Crippen LogP contribution in [-0.2, 0) is 4.79 Å². The quantitative estimate of drug-likeness (QED) is 0.759. The molecule has 0 saturated carbocycles. The third-order valence-corrected chi connectivity index (χ3v) is 1.77. The molecule has 0 aliphatic rings. The second-order valence-corrected chi connectivity index (χ2v) is 3.12. The Labute approximate surface area is 87.1 Å². The van der Waals surface area contributed by atoms with E-state index in [1.165, 1.54) is 0 Å². The second kappa shape index (κ2) is 5.09. The van der Waals surface area contributed by atoms with Crippen molar-refractivity contribution < 1.29 is 14.7 Å². The first-order valence-electron chi connectivity index (χ1n) is 4.52. The molecule has 0 spiro atoms. The number of carbonyl (C=O) groups excluding carboxylic acids is 1. The Bertz CT molecular complexity index is 377. The van der Waals surface area contributed by atoms with Gasteiger partial charge in [0.05, 0.1) is 6.42 Å². The minimum atomic E-state index is -0.937. The Hall–Kier alpha value is -1.91. The number of carbonyl (C=O) groups is 2. The second-order valence-electron chi connectivity index (χ2n) is 3.12. The molecule has 1 aromatic rings. The van der Waals surface area contributed by atoms with E-state index in [9.17, 15) is 9.59 Å². The van der Waals surface area contributed by atoms with Crippen LogP contribution in [0.3, 0.4) is 0 Å². The summed E-state index contributed by atoms with van der Waals surface area (Å²) >= 11 is 0. The number of hydrogen-bond acceptors (Lipinski definition) is 3. The number of carboxylic acid groups (broad SMARTS) is 1. The van der Waals surface area contributed by atoms with Gasteiger partial charge in [0.25, 0.3) is 5.91 Å². The van der Waals surface area contributed by atoms with Crippen LogP contribution in [0.15, 0.2) is 18.3 Å². The van der Waals surface area contributed by atoms with Gasteiger partial charge in [-0.2, -0.15) is 0 Å². The maximum Gasteiger partial charge on any atom is 0.305 e. The average Bonchev–Trinajstić information content (AvgIpc) is 2.17. The molecule has 1 amide bonds. The molecule has 2 N–H and O–H groups in total. The molecule has 0 aromatic carbocycles. The fourth-order valence-corrected chi connectivity index (χ4v) is 1.03. The first kappa shape index (κ1) is 11.2. The molecule has 0 radical (unpaired) electrons. The number of amides is 1. The Balaban J connectivity index is 2.50. The Morgan fingerprint density at radius 1 is 1.53 bits per heavy atom. The number of pyridine rings is 1. The lowest BCUT2D eigenvalue weighted by Crippen LogP contribution is -2.26. The number of rotatable bonds is 4. The van der Waals surface area contributed by atoms with Crippen molar-refractivity contribution in [3.63, 3.8) is 0 Å². The van der Waals surface area contributed by atoms with E-state index >= 15 is 0 Å². The van der Waals surface area contributed by atoms with Crippen molar-refractivity contribution in [2.45, 2.75) is 13.3 Å². The molecule has 0 fully saturated rings. The SMILES string of the molecule is Cc1ccnc(C(=O)NCCC(=O)O)c1. The minimum absolute atomic E-state index is 0.0858. The molecule has 0 bridgehead atoms. The van der Waals surface area contributed by atoms with Gasteiger partial charge < -0.3 is 10.4 Å². The van der Waals surface area contributed by atoms with Gasteiger partial charge in [-0.25, -0.2) is 0 Å². The topological polar surface area (TPSA) is 79.3 Å². The molecular weight excluding hydrogens is 196 g/mol. The predicted octanol–water partition coefficient (Wildman–Crippen LogP) is 0.595. The lowest BCUT2D eigenvalue weighted by molar-refractivity contribution is -0.136. The summed E-state index contributed by atoms with van der Waals surface area (Å²) in [6.07, 6.45) is 1.46. The van der Waals surface area contributed by atoms with E-state index in [0.717, 1.165) is 5.56 Å². The van der Waals surface area contributed by atoms with Gasteiger partial charge in [0, 0.05) is 12.7 Å². The van der Waals surface area contributed by atoms with Crippen molar-refractivity contribution in [2.75, 3.05) is 6.54 Å².